The quantitative estimate of drug-likeness (QED) is 0.165. The first-order chi connectivity index (χ1) is 28.3. The Bertz CT molecular complexity index is 3400. The molecule has 1 spiro atoms. The van der Waals surface area contributed by atoms with Crippen LogP contribution in [0.15, 0.2) is 205 Å². The van der Waals surface area contributed by atoms with Gasteiger partial charge in [-0.3, -0.25) is 0 Å². The van der Waals surface area contributed by atoms with Crippen molar-refractivity contribution >= 4 is 72.6 Å². The Labute approximate surface area is 330 Å². The molecule has 0 aliphatic carbocycles. The maximum atomic E-state index is 7.02. The molecule has 0 radical (unpaired) electrons. The van der Waals surface area contributed by atoms with Crippen molar-refractivity contribution in [3.05, 3.63) is 200 Å². The molecule has 0 N–H and O–H groups in total. The minimum Gasteiger partial charge on any atom is -0.455 e. The first kappa shape index (κ1) is 31.0. The lowest BCUT2D eigenvalue weighted by atomic mass is 9.96. The van der Waals surface area contributed by atoms with E-state index in [1.165, 1.54) is 81.5 Å². The summed E-state index contributed by atoms with van der Waals surface area (Å²) in [6.07, 6.45) is 0. The van der Waals surface area contributed by atoms with Gasteiger partial charge in [-0.15, -0.1) is 0 Å². The molecule has 0 atom stereocenters. The summed E-state index contributed by atoms with van der Waals surface area (Å²) >= 11 is 0. The van der Waals surface area contributed by atoms with Crippen LogP contribution >= 0.6 is 0 Å². The zero-order valence-corrected chi connectivity index (χ0v) is 31.9. The van der Waals surface area contributed by atoms with Gasteiger partial charge >= 0.3 is 0 Å². The van der Waals surface area contributed by atoms with Gasteiger partial charge in [-0.25, -0.2) is 0 Å². The lowest BCUT2D eigenvalue weighted by Gasteiger charge is -2.28. The second kappa shape index (κ2) is 11.4. The molecule has 4 heterocycles. The Kier molecular flexibility index (Phi) is 6.22. The third kappa shape index (κ3) is 4.03. The summed E-state index contributed by atoms with van der Waals surface area (Å²) in [7, 11) is -2.62. The van der Waals surface area contributed by atoms with Gasteiger partial charge in [0.2, 0.25) is 0 Å². The van der Waals surface area contributed by atoms with Crippen LogP contribution in [0, 0.1) is 0 Å². The van der Waals surface area contributed by atoms with Crippen molar-refractivity contribution < 1.29 is 4.42 Å². The van der Waals surface area contributed by atoms with Gasteiger partial charge in [-0.2, -0.15) is 0 Å². The molecule has 2 nitrogen and oxygen atoms in total. The summed E-state index contributed by atoms with van der Waals surface area (Å²) in [4.78, 5) is 0. The van der Waals surface area contributed by atoms with Crippen molar-refractivity contribution in [2.24, 2.45) is 0 Å². The zero-order valence-electron chi connectivity index (χ0n) is 30.9. The average Bonchev–Trinajstić information content (AvgIpc) is 4.00. The van der Waals surface area contributed by atoms with Crippen LogP contribution < -0.4 is 20.7 Å². The second-order valence-electron chi connectivity index (χ2n) is 15.5. The van der Waals surface area contributed by atoms with Crippen molar-refractivity contribution in [3.63, 3.8) is 0 Å². The topological polar surface area (TPSA) is 18.1 Å². The summed E-state index contributed by atoms with van der Waals surface area (Å²) in [5, 5.41) is 10.6. The number of rotatable bonds is 3. The van der Waals surface area contributed by atoms with Crippen molar-refractivity contribution in [1.82, 2.24) is 4.57 Å². The van der Waals surface area contributed by atoms with Crippen LogP contribution in [0.25, 0.3) is 93.9 Å². The molecule has 0 amide bonds. The van der Waals surface area contributed by atoms with E-state index in [2.05, 4.69) is 205 Å². The standard InChI is InChI=1S/C54H33NOSi/c1-2-14-34(15-3-1)35-26-29-37(30-27-35)55-46-21-9-4-16-38(46)45-33-44(54-52(53(45)55)43-20-5-10-22-47(43)56-54)36-28-31-42-41-19-8-13-25-50(41)57(51(42)32-36)48-23-11-6-17-39(48)40-18-7-12-24-49(40)57/h1-33H. The Balaban J connectivity index is 1.11. The molecule has 0 saturated carbocycles. The van der Waals surface area contributed by atoms with Gasteiger partial charge in [-0.05, 0) is 90.0 Å². The third-order valence-corrected chi connectivity index (χ3v) is 17.8. The number of benzene rings is 9. The summed E-state index contributed by atoms with van der Waals surface area (Å²) in [5.41, 5.74) is 15.5. The molecule has 13 rings (SSSR count). The summed E-state index contributed by atoms with van der Waals surface area (Å²) in [6, 6.07) is 74.2. The highest BCUT2D eigenvalue weighted by Crippen LogP contribution is 2.46. The highest BCUT2D eigenvalue weighted by Gasteiger charge is 2.53. The number of hydrogen-bond donors (Lipinski definition) is 0. The van der Waals surface area contributed by atoms with Gasteiger partial charge in [0.1, 0.15) is 11.2 Å². The van der Waals surface area contributed by atoms with E-state index >= 15 is 0 Å². The van der Waals surface area contributed by atoms with Crippen molar-refractivity contribution in [1.29, 1.82) is 0 Å². The smallest absolute Gasteiger partial charge is 0.182 e. The monoisotopic (exact) mass is 739 g/mol. The lowest BCUT2D eigenvalue weighted by molar-refractivity contribution is 0.670. The van der Waals surface area contributed by atoms with Crippen LogP contribution in [-0.4, -0.2) is 12.6 Å². The van der Waals surface area contributed by atoms with E-state index in [-0.39, 0.29) is 0 Å². The zero-order chi connectivity index (χ0) is 37.2. The molecular weight excluding hydrogens is 707 g/mol. The van der Waals surface area contributed by atoms with Gasteiger partial charge in [0.15, 0.2) is 8.07 Å². The summed E-state index contributed by atoms with van der Waals surface area (Å²) in [6.45, 7) is 0. The minimum atomic E-state index is -2.62. The number of hydrogen-bond acceptors (Lipinski definition) is 1. The Morgan fingerprint density at radius 2 is 0.912 bits per heavy atom. The minimum absolute atomic E-state index is 0.899. The fourth-order valence-corrected chi connectivity index (χ4v) is 16.2. The molecule has 264 valence electrons. The maximum absolute atomic E-state index is 7.02. The van der Waals surface area contributed by atoms with Crippen LogP contribution in [0.3, 0.4) is 0 Å². The van der Waals surface area contributed by atoms with Crippen LogP contribution in [-0.2, 0) is 0 Å². The van der Waals surface area contributed by atoms with E-state index in [9.17, 15) is 0 Å². The van der Waals surface area contributed by atoms with Crippen LogP contribution in [0.1, 0.15) is 0 Å². The van der Waals surface area contributed by atoms with Crippen molar-refractivity contribution in [2.75, 3.05) is 0 Å². The maximum Gasteiger partial charge on any atom is 0.182 e. The fourth-order valence-electron chi connectivity index (χ4n) is 10.5. The fraction of sp³-hybridized carbons (Fsp3) is 0. The van der Waals surface area contributed by atoms with E-state index in [0.29, 0.717) is 0 Å². The molecule has 9 aromatic carbocycles. The molecule has 0 unspecified atom stereocenters. The van der Waals surface area contributed by atoms with Crippen LogP contribution in [0.2, 0.25) is 0 Å². The van der Waals surface area contributed by atoms with Crippen molar-refractivity contribution in [2.45, 2.75) is 0 Å². The predicted molar refractivity (Wildman–Crippen MR) is 241 cm³/mol. The number of fused-ring (bicyclic) bond motifs is 17. The van der Waals surface area contributed by atoms with Gasteiger partial charge < -0.3 is 8.98 Å². The molecule has 11 aromatic rings. The molecular formula is C54H33NOSi. The lowest BCUT2D eigenvalue weighted by Crippen LogP contribution is -2.70. The highest BCUT2D eigenvalue weighted by atomic mass is 28.3. The van der Waals surface area contributed by atoms with E-state index in [4.69, 9.17) is 4.42 Å². The molecule has 0 saturated heterocycles. The average molecular weight is 740 g/mol. The molecule has 0 fully saturated rings. The Hall–Kier alpha value is -7.20. The van der Waals surface area contributed by atoms with Gasteiger partial charge in [0.05, 0.1) is 16.4 Å². The van der Waals surface area contributed by atoms with E-state index in [0.717, 1.165) is 33.2 Å². The van der Waals surface area contributed by atoms with Crippen LogP contribution in [0.4, 0.5) is 0 Å². The third-order valence-electron chi connectivity index (χ3n) is 12.8. The first-order valence-electron chi connectivity index (χ1n) is 19.8. The second-order valence-corrected chi connectivity index (χ2v) is 19.2. The van der Waals surface area contributed by atoms with E-state index < -0.39 is 8.07 Å². The molecule has 0 bridgehead atoms. The largest absolute Gasteiger partial charge is 0.455 e. The van der Waals surface area contributed by atoms with Crippen molar-refractivity contribution in [3.8, 4) is 50.2 Å². The molecule has 2 aliphatic rings. The molecule has 2 aliphatic heterocycles. The number of para-hydroxylation sites is 2. The molecule has 2 aromatic heterocycles. The summed E-state index contributed by atoms with van der Waals surface area (Å²) in [5.74, 6) is 0. The molecule has 57 heavy (non-hydrogen) atoms. The Morgan fingerprint density at radius 3 is 1.61 bits per heavy atom. The van der Waals surface area contributed by atoms with Gasteiger partial charge in [0, 0.05) is 27.4 Å². The van der Waals surface area contributed by atoms with Gasteiger partial charge in [-0.1, -0.05) is 170 Å². The summed E-state index contributed by atoms with van der Waals surface area (Å²) < 4.78 is 9.46. The number of furan rings is 1. The van der Waals surface area contributed by atoms with E-state index in [1.807, 2.05) is 0 Å². The molecule has 3 heteroatoms. The highest BCUT2D eigenvalue weighted by molar-refractivity contribution is 7.24. The SMILES string of the molecule is c1ccc(-c2ccc(-n3c4ccccc4c4cc(-c5ccc6c(c5)[Si]5(c7ccccc7-c7ccccc75)c5ccccc5-6)c5oc6ccccc6c5c43)cc2)cc1. The normalized spacial score (nSPS) is 13.4. The van der Waals surface area contributed by atoms with Gasteiger partial charge in [0.25, 0.3) is 0 Å². The number of nitrogens with zero attached hydrogens (tertiary/aromatic N) is 1. The Morgan fingerprint density at radius 1 is 0.368 bits per heavy atom. The predicted octanol–water partition coefficient (Wildman–Crippen LogP) is 11.4. The van der Waals surface area contributed by atoms with Crippen LogP contribution in [0.5, 0.6) is 0 Å². The number of aromatic nitrogens is 1. The van der Waals surface area contributed by atoms with E-state index in [1.54, 1.807) is 0 Å². The first-order valence-corrected chi connectivity index (χ1v) is 21.8.